The first-order valence-corrected chi connectivity index (χ1v) is 10.8. The molecule has 0 aromatic heterocycles. The lowest BCUT2D eigenvalue weighted by atomic mass is 9.72. The quantitative estimate of drug-likeness (QED) is 0.694. The number of hydrogen-bond acceptors (Lipinski definition) is 4. The number of benzene rings is 2. The highest BCUT2D eigenvalue weighted by molar-refractivity contribution is 7.93. The number of fused-ring (bicyclic) bond motifs is 1. The van der Waals surface area contributed by atoms with E-state index in [4.69, 9.17) is 0 Å². The van der Waals surface area contributed by atoms with Crippen LogP contribution in [0.2, 0.25) is 0 Å². The Bertz CT molecular complexity index is 1010. The van der Waals surface area contributed by atoms with E-state index in [9.17, 15) is 18.3 Å². The molecule has 0 bridgehead atoms. The number of rotatable bonds is 5. The van der Waals surface area contributed by atoms with Gasteiger partial charge in [0, 0.05) is 11.4 Å². The van der Waals surface area contributed by atoms with Gasteiger partial charge < -0.3 is 10.4 Å². The molecule has 7 heteroatoms. The van der Waals surface area contributed by atoms with Gasteiger partial charge in [-0.25, -0.2) is 13.2 Å². The highest BCUT2D eigenvalue weighted by atomic mass is 32.2. The van der Waals surface area contributed by atoms with Crippen molar-refractivity contribution in [3.8, 4) is 0 Å². The van der Waals surface area contributed by atoms with E-state index in [-0.39, 0.29) is 17.0 Å². The molecule has 2 aromatic carbocycles. The van der Waals surface area contributed by atoms with Gasteiger partial charge >= 0.3 is 5.97 Å². The predicted octanol–water partition coefficient (Wildman–Crippen LogP) is 4.27. The van der Waals surface area contributed by atoms with Gasteiger partial charge in [-0.2, -0.15) is 0 Å². The van der Waals surface area contributed by atoms with Crippen molar-refractivity contribution >= 4 is 27.4 Å². The normalized spacial score (nSPS) is 18.2. The fourth-order valence-electron chi connectivity index (χ4n) is 3.56. The second-order valence-corrected chi connectivity index (χ2v) is 10.5. The maximum absolute atomic E-state index is 12.2. The Morgan fingerprint density at radius 2 is 1.93 bits per heavy atom. The Morgan fingerprint density at radius 1 is 1.21 bits per heavy atom. The summed E-state index contributed by atoms with van der Waals surface area (Å²) in [6.45, 7) is 7.51. The molecule has 1 atom stereocenters. The van der Waals surface area contributed by atoms with Crippen molar-refractivity contribution in [2.24, 2.45) is 5.41 Å². The summed E-state index contributed by atoms with van der Waals surface area (Å²) in [6, 6.07) is 12.5. The van der Waals surface area contributed by atoms with Crippen LogP contribution in [-0.2, 0) is 16.4 Å². The van der Waals surface area contributed by atoms with Crippen LogP contribution in [0.1, 0.15) is 55.2 Å². The zero-order chi connectivity index (χ0) is 20.7. The maximum Gasteiger partial charge on any atom is 0.335 e. The molecule has 2 aromatic rings. The van der Waals surface area contributed by atoms with Crippen molar-refractivity contribution in [1.29, 1.82) is 0 Å². The van der Waals surface area contributed by atoms with Crippen LogP contribution in [-0.4, -0.2) is 24.7 Å². The summed E-state index contributed by atoms with van der Waals surface area (Å²) >= 11 is 0. The van der Waals surface area contributed by atoms with Gasteiger partial charge in [-0.15, -0.1) is 0 Å². The third-order valence-electron chi connectivity index (χ3n) is 5.18. The predicted molar refractivity (Wildman–Crippen MR) is 111 cm³/mol. The third-order valence-corrected chi connectivity index (χ3v) is 6.94. The van der Waals surface area contributed by atoms with E-state index in [1.54, 1.807) is 38.1 Å². The monoisotopic (exact) mass is 402 g/mol. The number of nitrogens with one attached hydrogen (secondary N) is 2. The van der Waals surface area contributed by atoms with Crippen LogP contribution in [0.4, 0.5) is 11.4 Å². The molecule has 0 saturated carbocycles. The number of sulfonamides is 1. The van der Waals surface area contributed by atoms with Crippen molar-refractivity contribution in [1.82, 2.24) is 0 Å². The van der Waals surface area contributed by atoms with E-state index < -0.39 is 21.2 Å². The number of carbonyl (C=O) groups is 1. The van der Waals surface area contributed by atoms with Crippen molar-refractivity contribution in [2.45, 2.75) is 45.4 Å². The number of hydrogen-bond donors (Lipinski definition) is 3. The summed E-state index contributed by atoms with van der Waals surface area (Å²) < 4.78 is 27.0. The lowest BCUT2D eigenvalue weighted by molar-refractivity contribution is 0.0696. The first-order valence-electron chi connectivity index (χ1n) is 9.24. The van der Waals surface area contributed by atoms with Crippen LogP contribution in [0.5, 0.6) is 0 Å². The average Bonchev–Trinajstić information content (AvgIpc) is 2.59. The summed E-state index contributed by atoms with van der Waals surface area (Å²) in [5.41, 5.74) is 3.47. The molecule has 3 N–H and O–H groups in total. The summed E-state index contributed by atoms with van der Waals surface area (Å²) in [4.78, 5) is 11.3. The Labute approximate surface area is 166 Å². The van der Waals surface area contributed by atoms with Crippen LogP contribution in [0, 0.1) is 5.41 Å². The topological polar surface area (TPSA) is 95.5 Å². The zero-order valence-corrected chi connectivity index (χ0v) is 17.3. The van der Waals surface area contributed by atoms with E-state index in [0.717, 1.165) is 16.8 Å². The minimum atomic E-state index is -3.42. The number of carboxylic acids is 1. The fraction of sp³-hybridized carbons (Fsp3) is 0.381. The molecule has 0 spiro atoms. The molecule has 150 valence electrons. The molecule has 3 rings (SSSR count). The Kier molecular flexibility index (Phi) is 5.14. The molecule has 1 aliphatic rings. The molecule has 28 heavy (non-hydrogen) atoms. The van der Waals surface area contributed by atoms with E-state index in [1.807, 2.05) is 18.2 Å². The molecule has 1 aliphatic heterocycles. The Morgan fingerprint density at radius 3 is 2.57 bits per heavy atom. The third kappa shape index (κ3) is 3.99. The Hall–Kier alpha value is -2.54. The van der Waals surface area contributed by atoms with Gasteiger partial charge in [0.1, 0.15) is 0 Å². The molecule has 0 radical (unpaired) electrons. The zero-order valence-electron chi connectivity index (χ0n) is 16.5. The number of aromatic carboxylic acids is 1. The summed E-state index contributed by atoms with van der Waals surface area (Å²) in [5.74, 6) is -0.937. The van der Waals surface area contributed by atoms with Crippen LogP contribution in [0.3, 0.4) is 0 Å². The van der Waals surface area contributed by atoms with Crippen molar-refractivity contribution in [3.63, 3.8) is 0 Å². The van der Waals surface area contributed by atoms with Gasteiger partial charge in [-0.3, -0.25) is 4.72 Å². The number of carboxylic acid groups (broad SMARTS) is 1. The minimum Gasteiger partial charge on any atom is -0.478 e. The molecule has 0 aliphatic carbocycles. The fourth-order valence-corrected chi connectivity index (χ4v) is 4.25. The van der Waals surface area contributed by atoms with Crippen LogP contribution in [0.15, 0.2) is 42.5 Å². The Balaban J connectivity index is 1.94. The van der Waals surface area contributed by atoms with E-state index >= 15 is 0 Å². The standard InChI is InChI=1S/C21H26N2O4S/c1-13(2)28(26,27)23-17-7-5-6-14(11-17)19-21(3,4)12-16-10-15(20(24)25)8-9-18(16)22-19/h5-11,13,19,22-23H,12H2,1-4H3,(H,24,25). The van der Waals surface area contributed by atoms with Crippen LogP contribution < -0.4 is 10.0 Å². The highest BCUT2D eigenvalue weighted by Gasteiger charge is 2.36. The summed E-state index contributed by atoms with van der Waals surface area (Å²) in [5, 5.41) is 12.2. The van der Waals surface area contributed by atoms with Crippen molar-refractivity contribution in [3.05, 3.63) is 59.2 Å². The first-order chi connectivity index (χ1) is 13.0. The van der Waals surface area contributed by atoms with Gasteiger partial charge in [0.25, 0.3) is 0 Å². The molecule has 0 amide bonds. The van der Waals surface area contributed by atoms with Crippen LogP contribution >= 0.6 is 0 Å². The summed E-state index contributed by atoms with van der Waals surface area (Å²) in [7, 11) is -3.42. The molecule has 1 heterocycles. The molecular weight excluding hydrogens is 376 g/mol. The SMILES string of the molecule is CC(C)S(=O)(=O)Nc1cccc(C2Nc3ccc(C(=O)O)cc3CC2(C)C)c1. The second-order valence-electron chi connectivity index (χ2n) is 8.24. The average molecular weight is 403 g/mol. The van der Waals surface area contributed by atoms with Gasteiger partial charge in [0.05, 0.1) is 16.9 Å². The second kappa shape index (κ2) is 7.13. The van der Waals surface area contributed by atoms with Gasteiger partial charge in [0.15, 0.2) is 0 Å². The minimum absolute atomic E-state index is 0.0424. The molecule has 1 unspecified atom stereocenters. The molecular formula is C21H26N2O4S. The molecule has 0 saturated heterocycles. The number of anilines is 2. The van der Waals surface area contributed by atoms with E-state index in [1.165, 1.54) is 0 Å². The maximum atomic E-state index is 12.2. The van der Waals surface area contributed by atoms with Crippen LogP contribution in [0.25, 0.3) is 0 Å². The first kappa shape index (κ1) is 20.2. The molecule has 0 fully saturated rings. The smallest absolute Gasteiger partial charge is 0.335 e. The summed E-state index contributed by atoms with van der Waals surface area (Å²) in [6.07, 6.45) is 0.711. The lowest BCUT2D eigenvalue weighted by Gasteiger charge is -2.41. The van der Waals surface area contributed by atoms with Crippen molar-refractivity contribution in [2.75, 3.05) is 10.0 Å². The highest BCUT2D eigenvalue weighted by Crippen LogP contribution is 2.45. The van der Waals surface area contributed by atoms with E-state index in [0.29, 0.717) is 12.1 Å². The van der Waals surface area contributed by atoms with Gasteiger partial charge in [-0.05, 0) is 67.1 Å². The van der Waals surface area contributed by atoms with Gasteiger partial charge in [-0.1, -0.05) is 26.0 Å². The van der Waals surface area contributed by atoms with Gasteiger partial charge in [0.2, 0.25) is 10.0 Å². The lowest BCUT2D eigenvalue weighted by Crippen LogP contribution is -2.35. The molecule has 6 nitrogen and oxygen atoms in total. The van der Waals surface area contributed by atoms with E-state index in [2.05, 4.69) is 23.9 Å². The largest absolute Gasteiger partial charge is 0.478 e. The van der Waals surface area contributed by atoms with Crippen molar-refractivity contribution < 1.29 is 18.3 Å².